The van der Waals surface area contributed by atoms with Crippen molar-refractivity contribution in [2.75, 3.05) is 34.2 Å². The standard InChI is InChI=1S/C37H41N3O3/c1-25-9-8-12-27(23-25)13-16-32(42)39(4)29-17-19-37(38(2)3)31-24-28-14-15-30(41)34-33(28)36(37,35(29)43-34)20-22-40(31)21-18-26-10-6-5-7-11-26/h5-12,14-15,23,29,31,35,41H,17-22,24H2,1-4H3/t29-,31+,35-,36-,37+/m0/s1. The maximum atomic E-state index is 13.6. The minimum atomic E-state index is -0.340. The molecule has 1 amide bonds. The van der Waals surface area contributed by atoms with Crippen LogP contribution in [-0.2, 0) is 23.1 Å². The van der Waals surface area contributed by atoms with Crippen LogP contribution < -0.4 is 4.74 Å². The Balaban J connectivity index is 1.27. The fraction of sp³-hybridized carbons (Fsp3) is 0.432. The van der Waals surface area contributed by atoms with Gasteiger partial charge in [-0.05, 0) is 94.6 Å². The monoisotopic (exact) mass is 575 g/mol. The average molecular weight is 576 g/mol. The molecular weight excluding hydrogens is 534 g/mol. The van der Waals surface area contributed by atoms with Crippen molar-refractivity contribution in [1.29, 1.82) is 0 Å². The Morgan fingerprint density at radius 1 is 1.07 bits per heavy atom. The first-order valence-corrected chi connectivity index (χ1v) is 15.6. The van der Waals surface area contributed by atoms with E-state index in [0.29, 0.717) is 11.8 Å². The van der Waals surface area contributed by atoms with Crippen molar-refractivity contribution in [3.05, 3.63) is 94.5 Å². The molecule has 6 nitrogen and oxygen atoms in total. The summed E-state index contributed by atoms with van der Waals surface area (Å²) in [6.45, 7) is 3.99. The number of likely N-dealkylation sites (N-methyl/N-ethyl adjacent to an activating group) is 2. The largest absolute Gasteiger partial charge is 0.504 e. The van der Waals surface area contributed by atoms with Gasteiger partial charge < -0.3 is 19.6 Å². The number of carbonyl (C=O) groups is 1. The molecule has 1 saturated heterocycles. The van der Waals surface area contributed by atoms with Crippen LogP contribution in [0.5, 0.6) is 11.5 Å². The van der Waals surface area contributed by atoms with E-state index in [2.05, 4.69) is 72.1 Å². The van der Waals surface area contributed by atoms with Gasteiger partial charge in [0, 0.05) is 42.2 Å². The van der Waals surface area contributed by atoms with Crippen LogP contribution in [0.1, 0.15) is 47.1 Å². The molecule has 6 heteroatoms. The number of piperidine rings is 1. The molecule has 2 aliphatic heterocycles. The topological polar surface area (TPSA) is 56.2 Å². The Morgan fingerprint density at radius 3 is 2.65 bits per heavy atom. The van der Waals surface area contributed by atoms with Gasteiger partial charge in [0.15, 0.2) is 11.5 Å². The minimum absolute atomic E-state index is 0.151. The lowest BCUT2D eigenvalue weighted by Crippen LogP contribution is -2.82. The van der Waals surface area contributed by atoms with Crippen LogP contribution in [0.15, 0.2) is 66.7 Å². The zero-order chi connectivity index (χ0) is 29.9. The highest BCUT2D eigenvalue weighted by molar-refractivity contribution is 5.94. The molecule has 1 N–H and O–H groups in total. The number of amides is 1. The molecule has 1 spiro atoms. The number of hydrogen-bond donors (Lipinski definition) is 1. The number of aromatic hydroxyl groups is 1. The second-order valence-corrected chi connectivity index (χ2v) is 13.2. The van der Waals surface area contributed by atoms with Crippen LogP contribution in [-0.4, -0.2) is 83.7 Å². The predicted molar refractivity (Wildman–Crippen MR) is 168 cm³/mol. The molecule has 0 radical (unpaired) electrons. The molecule has 0 aromatic heterocycles. The Morgan fingerprint density at radius 2 is 1.88 bits per heavy atom. The molecule has 4 aliphatic rings. The SMILES string of the molecule is Cc1cccc(C#CC(=O)N(C)[C@H]2CC[C@@]3(N(C)C)[C@H]4Cc5ccc(O)c6c5[C@@]3(CCN4CCc3ccccc3)[C@H]2O6)c1. The number of carbonyl (C=O) groups excluding carboxylic acids is 1. The molecule has 7 rings (SSSR count). The van der Waals surface area contributed by atoms with E-state index < -0.39 is 0 Å². The summed E-state index contributed by atoms with van der Waals surface area (Å²) in [5.74, 6) is 6.63. The molecule has 2 heterocycles. The Labute approximate surface area is 255 Å². The van der Waals surface area contributed by atoms with Gasteiger partial charge in [-0.15, -0.1) is 0 Å². The summed E-state index contributed by atoms with van der Waals surface area (Å²) in [4.78, 5) is 20.6. The van der Waals surface area contributed by atoms with Crippen LogP contribution in [0, 0.1) is 18.8 Å². The van der Waals surface area contributed by atoms with Crippen LogP contribution in [0.4, 0.5) is 0 Å². The van der Waals surface area contributed by atoms with Gasteiger partial charge in [-0.1, -0.05) is 54.5 Å². The lowest BCUT2D eigenvalue weighted by atomic mass is 9.46. The van der Waals surface area contributed by atoms with Crippen molar-refractivity contribution in [3.63, 3.8) is 0 Å². The number of phenolic OH excluding ortho intramolecular Hbond substituents is 1. The van der Waals surface area contributed by atoms with E-state index in [9.17, 15) is 9.90 Å². The first kappa shape index (κ1) is 28.0. The van der Waals surface area contributed by atoms with Crippen LogP contribution in [0.2, 0.25) is 0 Å². The molecule has 0 unspecified atom stereocenters. The van der Waals surface area contributed by atoms with Gasteiger partial charge in [0.05, 0.1) is 11.5 Å². The van der Waals surface area contributed by atoms with Crippen LogP contribution >= 0.6 is 0 Å². The van der Waals surface area contributed by atoms with E-state index >= 15 is 0 Å². The summed E-state index contributed by atoms with van der Waals surface area (Å²) in [6, 6.07) is 22.8. The number of nitrogens with zero attached hydrogens (tertiary/aromatic N) is 3. The number of ether oxygens (including phenoxy) is 1. The fourth-order valence-corrected chi connectivity index (χ4v) is 9.19. The molecule has 5 atom stereocenters. The lowest BCUT2D eigenvalue weighted by molar-refractivity contribution is -0.159. The van der Waals surface area contributed by atoms with Gasteiger partial charge >= 0.3 is 0 Å². The Kier molecular flexibility index (Phi) is 6.80. The number of aryl methyl sites for hydroxylation is 1. The van der Waals surface area contributed by atoms with Gasteiger partial charge in [-0.25, -0.2) is 0 Å². The predicted octanol–water partition coefficient (Wildman–Crippen LogP) is 4.55. The highest BCUT2D eigenvalue weighted by atomic mass is 16.5. The third kappa shape index (κ3) is 4.12. The van der Waals surface area contributed by atoms with E-state index in [0.717, 1.165) is 56.3 Å². The highest BCUT2D eigenvalue weighted by Crippen LogP contribution is 2.67. The summed E-state index contributed by atoms with van der Waals surface area (Å²) in [5.41, 5.74) is 5.25. The van der Waals surface area contributed by atoms with Gasteiger partial charge in [0.25, 0.3) is 5.91 Å². The minimum Gasteiger partial charge on any atom is -0.504 e. The second kappa shape index (κ2) is 10.4. The van der Waals surface area contributed by atoms with Crippen LogP contribution in [0.3, 0.4) is 0 Å². The third-order valence-corrected chi connectivity index (χ3v) is 11.0. The second-order valence-electron chi connectivity index (χ2n) is 13.2. The van der Waals surface area contributed by atoms with Crippen molar-refractivity contribution >= 4 is 5.91 Å². The molecule has 1 saturated carbocycles. The van der Waals surface area contributed by atoms with Crippen molar-refractivity contribution < 1.29 is 14.6 Å². The van der Waals surface area contributed by atoms with E-state index in [1.165, 1.54) is 16.7 Å². The highest BCUT2D eigenvalue weighted by Gasteiger charge is 2.74. The van der Waals surface area contributed by atoms with Gasteiger partial charge in [-0.3, -0.25) is 9.69 Å². The normalized spacial score (nSPS) is 28.4. The van der Waals surface area contributed by atoms with Gasteiger partial charge in [0.1, 0.15) is 6.10 Å². The number of hydrogen-bond acceptors (Lipinski definition) is 5. The molecule has 222 valence electrons. The van der Waals surface area contributed by atoms with Gasteiger partial charge in [-0.2, -0.15) is 0 Å². The molecular formula is C37H41N3O3. The smallest absolute Gasteiger partial charge is 0.298 e. The Hall–Kier alpha value is -3.79. The molecule has 2 aliphatic carbocycles. The molecule has 3 aromatic carbocycles. The number of rotatable bonds is 5. The lowest BCUT2D eigenvalue weighted by Gasteiger charge is -2.69. The Bertz CT molecular complexity index is 1620. The van der Waals surface area contributed by atoms with Crippen LogP contribution in [0.25, 0.3) is 0 Å². The number of phenols is 1. The average Bonchev–Trinajstić information content (AvgIpc) is 3.36. The third-order valence-electron chi connectivity index (χ3n) is 11.0. The van der Waals surface area contributed by atoms with Crippen molar-refractivity contribution in [2.24, 2.45) is 0 Å². The first-order chi connectivity index (χ1) is 20.8. The van der Waals surface area contributed by atoms with E-state index in [-0.39, 0.29) is 34.8 Å². The van der Waals surface area contributed by atoms with Gasteiger partial charge in [0.2, 0.25) is 0 Å². The summed E-state index contributed by atoms with van der Waals surface area (Å²) >= 11 is 0. The first-order valence-electron chi connectivity index (χ1n) is 15.6. The summed E-state index contributed by atoms with van der Waals surface area (Å²) in [7, 11) is 6.32. The zero-order valence-corrected chi connectivity index (χ0v) is 25.6. The van der Waals surface area contributed by atoms with E-state index in [4.69, 9.17) is 4.74 Å². The number of benzene rings is 3. The van der Waals surface area contributed by atoms with Crippen molar-refractivity contribution in [3.8, 4) is 23.3 Å². The molecule has 2 bridgehead atoms. The molecule has 2 fully saturated rings. The fourth-order valence-electron chi connectivity index (χ4n) is 9.19. The zero-order valence-electron chi connectivity index (χ0n) is 25.6. The maximum absolute atomic E-state index is 13.6. The van der Waals surface area contributed by atoms with Crippen molar-refractivity contribution in [1.82, 2.24) is 14.7 Å². The maximum Gasteiger partial charge on any atom is 0.298 e. The van der Waals surface area contributed by atoms with E-state index in [1.54, 1.807) is 6.07 Å². The number of likely N-dealkylation sites (tertiary alicyclic amines) is 1. The quantitative estimate of drug-likeness (QED) is 0.453. The summed E-state index contributed by atoms with van der Waals surface area (Å²) < 4.78 is 6.87. The van der Waals surface area contributed by atoms with E-state index in [1.807, 2.05) is 43.1 Å². The molecule has 3 aromatic rings. The molecule has 43 heavy (non-hydrogen) atoms. The summed E-state index contributed by atoms with van der Waals surface area (Å²) in [5, 5.41) is 11.1. The summed E-state index contributed by atoms with van der Waals surface area (Å²) in [6.07, 6.45) is 4.34. The van der Waals surface area contributed by atoms with Crippen molar-refractivity contribution in [2.45, 2.75) is 68.2 Å².